The molecule has 0 saturated carbocycles. The summed E-state index contributed by atoms with van der Waals surface area (Å²) in [6, 6.07) is 6.36. The van der Waals surface area contributed by atoms with Gasteiger partial charge in [0.25, 0.3) is 0 Å². The van der Waals surface area contributed by atoms with Gasteiger partial charge in [-0.1, -0.05) is 39.0 Å². The second kappa shape index (κ2) is 3.95. The molecule has 76 valence electrons. The molecule has 1 aromatic rings. The first kappa shape index (κ1) is 11.0. The van der Waals surface area contributed by atoms with Crippen LogP contribution in [0.15, 0.2) is 18.2 Å². The van der Waals surface area contributed by atoms with Crippen LogP contribution in [0.3, 0.4) is 0 Å². The molecule has 0 unspecified atom stereocenters. The van der Waals surface area contributed by atoms with Crippen LogP contribution in [-0.4, -0.2) is 6.29 Å². The van der Waals surface area contributed by atoms with Crippen molar-refractivity contribution in [2.45, 2.75) is 39.5 Å². The van der Waals surface area contributed by atoms with Crippen LogP contribution in [0, 0.1) is 6.92 Å². The first-order chi connectivity index (χ1) is 6.45. The molecule has 0 spiro atoms. The molecule has 0 aliphatic heterocycles. The van der Waals surface area contributed by atoms with Crippen molar-refractivity contribution in [2.75, 3.05) is 0 Å². The smallest absolute Gasteiger partial charge is 0.124 e. The number of hydrogen-bond acceptors (Lipinski definition) is 1. The molecule has 0 radical (unpaired) electrons. The molecule has 1 aromatic carbocycles. The Kier molecular flexibility index (Phi) is 3.10. The van der Waals surface area contributed by atoms with Gasteiger partial charge >= 0.3 is 0 Å². The molecule has 0 bridgehead atoms. The van der Waals surface area contributed by atoms with Crippen LogP contribution >= 0.6 is 0 Å². The summed E-state index contributed by atoms with van der Waals surface area (Å²) in [5.41, 5.74) is 3.85. The lowest BCUT2D eigenvalue weighted by Gasteiger charge is -2.20. The number of aldehydes is 1. The molecule has 0 fully saturated rings. The van der Waals surface area contributed by atoms with Crippen LogP contribution in [0.4, 0.5) is 0 Å². The van der Waals surface area contributed by atoms with Gasteiger partial charge in [0.05, 0.1) is 0 Å². The molecule has 0 N–H and O–H groups in total. The molecule has 0 amide bonds. The van der Waals surface area contributed by atoms with Crippen LogP contribution in [-0.2, 0) is 16.6 Å². The van der Waals surface area contributed by atoms with Crippen LogP contribution in [0.25, 0.3) is 0 Å². The Hall–Kier alpha value is -1.11. The van der Waals surface area contributed by atoms with Gasteiger partial charge in [-0.15, -0.1) is 0 Å². The first-order valence-electron chi connectivity index (χ1n) is 4.99. The summed E-state index contributed by atoms with van der Waals surface area (Å²) >= 11 is 0. The fourth-order valence-electron chi connectivity index (χ4n) is 1.48. The molecule has 0 atom stereocenters. The molecule has 0 saturated heterocycles. The highest BCUT2D eigenvalue weighted by Crippen LogP contribution is 2.24. The summed E-state index contributed by atoms with van der Waals surface area (Å²) in [6.45, 7) is 8.65. The highest BCUT2D eigenvalue weighted by molar-refractivity contribution is 5.56. The van der Waals surface area contributed by atoms with E-state index < -0.39 is 0 Å². The number of aryl methyl sites for hydroxylation is 1. The van der Waals surface area contributed by atoms with Gasteiger partial charge in [-0.25, -0.2) is 0 Å². The Morgan fingerprint density at radius 3 is 2.36 bits per heavy atom. The Morgan fingerprint density at radius 2 is 1.93 bits per heavy atom. The monoisotopic (exact) mass is 190 g/mol. The van der Waals surface area contributed by atoms with E-state index in [-0.39, 0.29) is 5.41 Å². The standard InChI is InChI=1S/C13H18O/c1-10-9-12(13(2,3)4)6-5-11(10)7-8-14/h5-6,8-9H,7H2,1-4H3. The van der Waals surface area contributed by atoms with E-state index in [4.69, 9.17) is 0 Å². The second-order valence-corrected chi connectivity index (χ2v) is 4.76. The number of carbonyl (C=O) groups excluding carboxylic acids is 1. The van der Waals surface area contributed by atoms with Gasteiger partial charge < -0.3 is 4.79 Å². The highest BCUT2D eigenvalue weighted by Gasteiger charge is 2.13. The number of hydrogen-bond donors (Lipinski definition) is 0. The molecule has 1 nitrogen and oxygen atoms in total. The quantitative estimate of drug-likeness (QED) is 0.655. The van der Waals surface area contributed by atoms with E-state index in [0.29, 0.717) is 6.42 Å². The minimum Gasteiger partial charge on any atom is -0.303 e. The third-order valence-electron chi connectivity index (χ3n) is 2.51. The molecular formula is C13H18O. The second-order valence-electron chi connectivity index (χ2n) is 4.76. The van der Waals surface area contributed by atoms with E-state index in [1.54, 1.807) is 0 Å². The van der Waals surface area contributed by atoms with Gasteiger partial charge in [0.2, 0.25) is 0 Å². The summed E-state index contributed by atoms with van der Waals surface area (Å²) in [5, 5.41) is 0. The predicted molar refractivity (Wildman–Crippen MR) is 59.6 cm³/mol. The molecule has 0 aromatic heterocycles. The molecule has 1 rings (SSSR count). The number of benzene rings is 1. The maximum atomic E-state index is 10.4. The van der Waals surface area contributed by atoms with E-state index in [1.165, 1.54) is 11.1 Å². The van der Waals surface area contributed by atoms with Crippen molar-refractivity contribution in [3.8, 4) is 0 Å². The Balaban J connectivity index is 3.06. The van der Waals surface area contributed by atoms with Gasteiger partial charge in [-0.3, -0.25) is 0 Å². The lowest BCUT2D eigenvalue weighted by atomic mass is 9.85. The summed E-state index contributed by atoms with van der Waals surface area (Å²) in [7, 11) is 0. The average Bonchev–Trinajstić information content (AvgIpc) is 2.07. The van der Waals surface area contributed by atoms with Crippen LogP contribution < -0.4 is 0 Å². The summed E-state index contributed by atoms with van der Waals surface area (Å²) in [5.74, 6) is 0. The Bertz CT molecular complexity index is 332. The van der Waals surface area contributed by atoms with Crippen molar-refractivity contribution in [1.29, 1.82) is 0 Å². The third-order valence-corrected chi connectivity index (χ3v) is 2.51. The minimum absolute atomic E-state index is 0.185. The van der Waals surface area contributed by atoms with Crippen molar-refractivity contribution in [1.82, 2.24) is 0 Å². The molecule has 1 heteroatoms. The van der Waals surface area contributed by atoms with Gasteiger partial charge in [-0.2, -0.15) is 0 Å². The molecule has 14 heavy (non-hydrogen) atoms. The zero-order valence-corrected chi connectivity index (χ0v) is 9.42. The predicted octanol–water partition coefficient (Wildman–Crippen LogP) is 3.03. The van der Waals surface area contributed by atoms with Crippen molar-refractivity contribution >= 4 is 6.29 Å². The van der Waals surface area contributed by atoms with E-state index in [1.807, 2.05) is 0 Å². The summed E-state index contributed by atoms with van der Waals surface area (Å²) in [4.78, 5) is 10.4. The largest absolute Gasteiger partial charge is 0.303 e. The maximum Gasteiger partial charge on any atom is 0.124 e. The molecular weight excluding hydrogens is 172 g/mol. The van der Waals surface area contributed by atoms with E-state index in [2.05, 4.69) is 45.9 Å². The van der Waals surface area contributed by atoms with Crippen LogP contribution in [0.2, 0.25) is 0 Å². The first-order valence-corrected chi connectivity index (χ1v) is 4.99. The average molecular weight is 190 g/mol. The lowest BCUT2D eigenvalue weighted by Crippen LogP contribution is -2.11. The highest BCUT2D eigenvalue weighted by atomic mass is 16.1. The molecule has 0 aliphatic carbocycles. The summed E-state index contributed by atoms with van der Waals surface area (Å²) < 4.78 is 0. The van der Waals surface area contributed by atoms with Crippen molar-refractivity contribution < 1.29 is 4.79 Å². The Labute approximate surface area is 86.1 Å². The van der Waals surface area contributed by atoms with Gasteiger partial charge in [0, 0.05) is 6.42 Å². The van der Waals surface area contributed by atoms with Gasteiger partial charge in [0.15, 0.2) is 0 Å². The van der Waals surface area contributed by atoms with Crippen molar-refractivity contribution in [3.63, 3.8) is 0 Å². The maximum absolute atomic E-state index is 10.4. The van der Waals surface area contributed by atoms with Crippen molar-refractivity contribution in [2.24, 2.45) is 0 Å². The third kappa shape index (κ3) is 2.44. The molecule has 0 aliphatic rings. The van der Waals surface area contributed by atoms with E-state index >= 15 is 0 Å². The van der Waals surface area contributed by atoms with E-state index in [9.17, 15) is 4.79 Å². The summed E-state index contributed by atoms with van der Waals surface area (Å²) in [6.07, 6.45) is 1.48. The van der Waals surface area contributed by atoms with Gasteiger partial charge in [0.1, 0.15) is 6.29 Å². The lowest BCUT2D eigenvalue weighted by molar-refractivity contribution is -0.107. The van der Waals surface area contributed by atoms with Crippen molar-refractivity contribution in [3.05, 3.63) is 34.9 Å². The SMILES string of the molecule is Cc1cc(C(C)(C)C)ccc1CC=O. The van der Waals surface area contributed by atoms with Crippen LogP contribution in [0.1, 0.15) is 37.5 Å². The minimum atomic E-state index is 0.185. The number of carbonyl (C=O) groups is 1. The van der Waals surface area contributed by atoms with Crippen LogP contribution in [0.5, 0.6) is 0 Å². The zero-order chi connectivity index (χ0) is 10.8. The zero-order valence-electron chi connectivity index (χ0n) is 9.42. The molecule has 0 heterocycles. The number of rotatable bonds is 2. The normalized spacial score (nSPS) is 11.4. The van der Waals surface area contributed by atoms with Gasteiger partial charge in [-0.05, 0) is 29.0 Å². The fraction of sp³-hybridized carbons (Fsp3) is 0.462. The van der Waals surface area contributed by atoms with E-state index in [0.717, 1.165) is 11.8 Å². The fourth-order valence-corrected chi connectivity index (χ4v) is 1.48. The topological polar surface area (TPSA) is 17.1 Å². The Morgan fingerprint density at radius 1 is 1.29 bits per heavy atom.